The minimum Gasteiger partial charge on any atom is -1.00 e. The van der Waals surface area contributed by atoms with E-state index in [4.69, 9.17) is 0 Å². The zero-order valence-corrected chi connectivity index (χ0v) is 21.3. The zero-order valence-electron chi connectivity index (χ0n) is 12.6. The molecule has 0 saturated heterocycles. The summed E-state index contributed by atoms with van der Waals surface area (Å²) in [5.74, 6) is 0. The predicted molar refractivity (Wildman–Crippen MR) is 77.1 cm³/mol. The van der Waals surface area contributed by atoms with E-state index >= 15 is 0 Å². The van der Waals surface area contributed by atoms with E-state index in [1.54, 1.807) is 0 Å². The van der Waals surface area contributed by atoms with E-state index in [0.29, 0.717) is 15.8 Å². The van der Waals surface area contributed by atoms with Crippen molar-refractivity contribution in [3.63, 3.8) is 0 Å². The third kappa shape index (κ3) is 27.4. The normalized spacial score (nSPS) is 8.00. The molecule has 6 heteroatoms. The van der Waals surface area contributed by atoms with Gasteiger partial charge >= 0.3 is 22.4 Å². The summed E-state index contributed by atoms with van der Waals surface area (Å²) in [7, 11) is 0.892. The second-order valence-corrected chi connectivity index (χ2v) is 9.72. The summed E-state index contributed by atoms with van der Waals surface area (Å²) in [5, 5.41) is 0. The van der Waals surface area contributed by atoms with Crippen molar-refractivity contribution < 1.29 is 73.3 Å². The summed E-state index contributed by atoms with van der Waals surface area (Å²) in [6.45, 7) is 13.7. The van der Waals surface area contributed by atoms with Crippen LogP contribution in [0.25, 0.3) is 0 Å². The van der Waals surface area contributed by atoms with E-state index in [2.05, 4.69) is 41.5 Å². The molecule has 0 rings (SSSR count). The molecule has 0 saturated carbocycles. The van der Waals surface area contributed by atoms with E-state index in [1.165, 1.54) is 37.0 Å². The fraction of sp³-hybridized carbons (Fsp3) is 1.00. The quantitative estimate of drug-likeness (QED) is 0.200. The first-order valence-electron chi connectivity index (χ1n) is 6.14. The Morgan fingerprint density at radius 3 is 0.556 bits per heavy atom. The average Bonchev–Trinajstić information content (AvgIpc) is 2.24. The Kier molecular flexibility index (Phi) is 66.7. The maximum absolute atomic E-state index is 2.29. The van der Waals surface area contributed by atoms with Crippen molar-refractivity contribution in [3.05, 3.63) is 0 Å². The van der Waals surface area contributed by atoms with Gasteiger partial charge < -0.3 is 50.9 Å². The van der Waals surface area contributed by atoms with Gasteiger partial charge in [-0.2, -0.15) is 0 Å². The molecule has 120 valence electrons. The smallest absolute Gasteiger partial charge is 1.00 e. The van der Waals surface area contributed by atoms with Gasteiger partial charge in [0.25, 0.3) is 0 Å². The van der Waals surface area contributed by atoms with Gasteiger partial charge in [-0.1, -0.05) is 41.5 Å². The maximum atomic E-state index is 2.29. The van der Waals surface area contributed by atoms with E-state index < -0.39 is 0 Å². The van der Waals surface area contributed by atoms with Crippen LogP contribution < -0.4 is 50.9 Å². The molecule has 0 fully saturated rings. The minimum absolute atomic E-state index is 0. The number of halogens is 3. The number of hydrogen-bond acceptors (Lipinski definition) is 0. The van der Waals surface area contributed by atoms with E-state index in [-0.39, 0.29) is 73.3 Å². The van der Waals surface area contributed by atoms with Crippen LogP contribution in [0.1, 0.15) is 41.5 Å². The third-order valence-corrected chi connectivity index (χ3v) is 8.05. The minimum atomic E-state index is 0. The van der Waals surface area contributed by atoms with E-state index in [0.717, 1.165) is 0 Å². The molecular weight excluding hydrogens is 643 g/mol. The van der Waals surface area contributed by atoms with Gasteiger partial charge in [0.05, 0.1) is 0 Å². The Labute approximate surface area is 166 Å². The Bertz CT molecular complexity index is 80.3. The largest absolute Gasteiger partial charge is 3.00 e. The van der Waals surface area contributed by atoms with Crippen LogP contribution >= 0.6 is 15.8 Å². The first kappa shape index (κ1) is 37.4. The molecule has 0 spiro atoms. The molecule has 0 bridgehead atoms. The number of hydrogen-bond donors (Lipinski definition) is 0. The van der Waals surface area contributed by atoms with Crippen LogP contribution in [-0.4, -0.2) is 37.0 Å². The SMILES string of the molecule is CCP(CC)CC.CCP(CC)CC.[Au+3].[Br-].[Br-].[Br-]. The summed E-state index contributed by atoms with van der Waals surface area (Å²) in [4.78, 5) is 0. The molecule has 0 radical (unpaired) electrons. The summed E-state index contributed by atoms with van der Waals surface area (Å²) in [5.41, 5.74) is 0. The molecule has 0 amide bonds. The Hall–Kier alpha value is 3.04. The van der Waals surface area contributed by atoms with Crippen LogP contribution in [0.2, 0.25) is 0 Å². The molecule has 0 atom stereocenters. The molecule has 0 aromatic rings. The summed E-state index contributed by atoms with van der Waals surface area (Å²) in [6.07, 6.45) is 8.51. The molecule has 0 aromatic carbocycles. The van der Waals surface area contributed by atoms with Crippen LogP contribution in [0.5, 0.6) is 0 Å². The average molecular weight is 673 g/mol. The molecule has 0 nitrogen and oxygen atoms in total. The first-order chi connectivity index (χ1) is 6.69. The Morgan fingerprint density at radius 1 is 0.444 bits per heavy atom. The molecule has 0 heterocycles. The van der Waals surface area contributed by atoms with Crippen LogP contribution in [0.15, 0.2) is 0 Å². The van der Waals surface area contributed by atoms with Gasteiger partial charge in [0.15, 0.2) is 0 Å². The maximum Gasteiger partial charge on any atom is 3.00 e. The van der Waals surface area contributed by atoms with Crippen LogP contribution in [0, 0.1) is 0 Å². The van der Waals surface area contributed by atoms with Crippen molar-refractivity contribution in [1.29, 1.82) is 0 Å². The monoisotopic (exact) mass is 670 g/mol. The van der Waals surface area contributed by atoms with Crippen molar-refractivity contribution in [2.75, 3.05) is 37.0 Å². The molecule has 0 aromatic heterocycles. The molecular formula is C12H30AuBr3P2. The van der Waals surface area contributed by atoms with E-state index in [1.807, 2.05) is 0 Å². The van der Waals surface area contributed by atoms with Gasteiger partial charge in [0.2, 0.25) is 0 Å². The van der Waals surface area contributed by atoms with Gasteiger partial charge in [-0.15, -0.1) is 15.8 Å². The third-order valence-electron chi connectivity index (χ3n) is 2.68. The first-order valence-corrected chi connectivity index (χ1v) is 9.93. The van der Waals surface area contributed by atoms with Gasteiger partial charge in [-0.05, 0) is 37.0 Å². The molecule has 0 aliphatic heterocycles. The van der Waals surface area contributed by atoms with Crippen molar-refractivity contribution >= 4 is 15.8 Å². The van der Waals surface area contributed by atoms with Crippen molar-refractivity contribution in [2.45, 2.75) is 41.5 Å². The van der Waals surface area contributed by atoms with Crippen LogP contribution in [0.4, 0.5) is 0 Å². The van der Waals surface area contributed by atoms with E-state index in [9.17, 15) is 0 Å². The summed E-state index contributed by atoms with van der Waals surface area (Å²) in [6, 6.07) is 0. The summed E-state index contributed by atoms with van der Waals surface area (Å²) >= 11 is 0. The fourth-order valence-corrected chi connectivity index (χ4v) is 4.02. The van der Waals surface area contributed by atoms with Gasteiger partial charge in [-0.3, -0.25) is 0 Å². The molecule has 0 N–H and O–H groups in total. The molecule has 0 unspecified atom stereocenters. The summed E-state index contributed by atoms with van der Waals surface area (Å²) < 4.78 is 0. The second-order valence-electron chi connectivity index (χ2n) is 3.24. The molecule has 18 heavy (non-hydrogen) atoms. The van der Waals surface area contributed by atoms with Gasteiger partial charge in [0, 0.05) is 0 Å². The van der Waals surface area contributed by atoms with Crippen LogP contribution in [0.3, 0.4) is 0 Å². The van der Waals surface area contributed by atoms with Crippen molar-refractivity contribution in [3.8, 4) is 0 Å². The standard InChI is InChI=1S/2C6H15P.Au.3BrH/c2*1-4-7(5-2)6-3;;;;/h2*4-6H2,1-3H3;;3*1H/q;;+3;;;/p-3. The van der Waals surface area contributed by atoms with Crippen molar-refractivity contribution in [1.82, 2.24) is 0 Å². The molecule has 0 aliphatic carbocycles. The Morgan fingerprint density at radius 2 is 0.556 bits per heavy atom. The predicted octanol–water partition coefficient (Wildman–Crippen LogP) is -3.93. The second kappa shape index (κ2) is 32.1. The Balaban J connectivity index is -0.0000000327. The van der Waals surface area contributed by atoms with Crippen LogP contribution in [-0.2, 0) is 22.4 Å². The van der Waals surface area contributed by atoms with Gasteiger partial charge in [0.1, 0.15) is 0 Å². The fourth-order valence-electron chi connectivity index (χ4n) is 1.34. The number of rotatable bonds is 6. The van der Waals surface area contributed by atoms with Gasteiger partial charge in [-0.25, -0.2) is 0 Å². The zero-order chi connectivity index (χ0) is 11.4. The van der Waals surface area contributed by atoms with Crippen molar-refractivity contribution in [2.24, 2.45) is 0 Å². The molecule has 0 aliphatic rings. The topological polar surface area (TPSA) is 0 Å².